The minimum Gasteiger partial charge on any atom is -0.394 e. The van der Waals surface area contributed by atoms with Gasteiger partial charge in [0.15, 0.2) is 0 Å². The van der Waals surface area contributed by atoms with Crippen molar-refractivity contribution in [3.05, 3.63) is 5.69 Å². The summed E-state index contributed by atoms with van der Waals surface area (Å²) in [5.74, 6) is 0.788. The van der Waals surface area contributed by atoms with Gasteiger partial charge in [-0.3, -0.25) is 4.79 Å². The number of aryl methyl sites for hydroxylation is 1. The van der Waals surface area contributed by atoms with Crippen molar-refractivity contribution < 1.29 is 4.79 Å². The molecule has 0 aliphatic heterocycles. The van der Waals surface area contributed by atoms with Crippen LogP contribution in [0.4, 0.5) is 11.5 Å². The van der Waals surface area contributed by atoms with Gasteiger partial charge in [-0.1, -0.05) is 0 Å². The Bertz CT molecular complexity index is 397. The SMILES string of the molecule is CC(=O)NCCNc1c(N)c(C)nn1C(C)C. The van der Waals surface area contributed by atoms with E-state index in [2.05, 4.69) is 15.7 Å². The van der Waals surface area contributed by atoms with Crippen LogP contribution in [0.3, 0.4) is 0 Å². The lowest BCUT2D eigenvalue weighted by Gasteiger charge is -2.13. The number of anilines is 2. The maximum Gasteiger partial charge on any atom is 0.216 e. The highest BCUT2D eigenvalue weighted by molar-refractivity contribution is 5.72. The van der Waals surface area contributed by atoms with Crippen molar-refractivity contribution >= 4 is 17.4 Å². The van der Waals surface area contributed by atoms with Gasteiger partial charge in [0.1, 0.15) is 5.82 Å². The first-order chi connectivity index (χ1) is 7.93. The quantitative estimate of drug-likeness (QED) is 0.666. The van der Waals surface area contributed by atoms with E-state index in [1.54, 1.807) is 0 Å². The van der Waals surface area contributed by atoms with E-state index in [0.29, 0.717) is 18.8 Å². The maximum absolute atomic E-state index is 10.7. The Labute approximate surface area is 102 Å². The average Bonchev–Trinajstić information content (AvgIpc) is 2.51. The third-order valence-electron chi connectivity index (χ3n) is 2.41. The molecule has 4 N–H and O–H groups in total. The van der Waals surface area contributed by atoms with Gasteiger partial charge >= 0.3 is 0 Å². The van der Waals surface area contributed by atoms with E-state index in [1.807, 2.05) is 25.5 Å². The van der Waals surface area contributed by atoms with E-state index in [4.69, 9.17) is 5.73 Å². The normalized spacial score (nSPS) is 10.6. The molecule has 96 valence electrons. The predicted molar refractivity (Wildman–Crippen MR) is 68.9 cm³/mol. The molecule has 1 rings (SSSR count). The van der Waals surface area contributed by atoms with E-state index < -0.39 is 0 Å². The monoisotopic (exact) mass is 239 g/mol. The van der Waals surface area contributed by atoms with E-state index in [1.165, 1.54) is 6.92 Å². The number of rotatable bonds is 5. The van der Waals surface area contributed by atoms with Crippen LogP contribution in [0.15, 0.2) is 0 Å². The van der Waals surface area contributed by atoms with Crippen molar-refractivity contribution in [2.75, 3.05) is 24.1 Å². The lowest BCUT2D eigenvalue weighted by atomic mass is 10.3. The number of nitrogens with zero attached hydrogens (tertiary/aromatic N) is 2. The first-order valence-electron chi connectivity index (χ1n) is 5.76. The lowest BCUT2D eigenvalue weighted by molar-refractivity contribution is -0.118. The van der Waals surface area contributed by atoms with Crippen LogP contribution < -0.4 is 16.4 Å². The molecule has 1 heterocycles. The molecule has 1 amide bonds. The summed E-state index contributed by atoms with van der Waals surface area (Å²) in [5, 5.41) is 10.3. The van der Waals surface area contributed by atoms with Gasteiger partial charge in [0.05, 0.1) is 11.4 Å². The molecule has 0 saturated carbocycles. The number of nitrogens with two attached hydrogens (primary N) is 1. The summed E-state index contributed by atoms with van der Waals surface area (Å²) < 4.78 is 1.86. The van der Waals surface area contributed by atoms with Crippen molar-refractivity contribution in [1.82, 2.24) is 15.1 Å². The van der Waals surface area contributed by atoms with E-state index >= 15 is 0 Å². The molecule has 0 saturated heterocycles. The molecular weight excluding hydrogens is 218 g/mol. The summed E-state index contributed by atoms with van der Waals surface area (Å²) in [6, 6.07) is 0.245. The number of aromatic nitrogens is 2. The second-order valence-electron chi connectivity index (χ2n) is 4.30. The molecule has 1 aromatic heterocycles. The standard InChI is InChI=1S/C11H21N5O/c1-7(2)16-11(10(12)8(3)15-16)14-6-5-13-9(4)17/h7,14H,5-6,12H2,1-4H3,(H,13,17). The van der Waals surface area contributed by atoms with E-state index in [-0.39, 0.29) is 11.9 Å². The fourth-order valence-electron chi connectivity index (χ4n) is 1.53. The molecule has 0 aromatic carbocycles. The molecule has 6 heteroatoms. The smallest absolute Gasteiger partial charge is 0.216 e. The number of hydrogen-bond acceptors (Lipinski definition) is 4. The van der Waals surface area contributed by atoms with Crippen molar-refractivity contribution in [3.8, 4) is 0 Å². The summed E-state index contributed by atoms with van der Waals surface area (Å²) in [6.07, 6.45) is 0. The molecular formula is C11H21N5O. The van der Waals surface area contributed by atoms with Crippen LogP contribution in [0.25, 0.3) is 0 Å². The van der Waals surface area contributed by atoms with Crippen LogP contribution in [0.2, 0.25) is 0 Å². The molecule has 0 unspecified atom stereocenters. The Kier molecular flexibility index (Phi) is 4.37. The van der Waals surface area contributed by atoms with Crippen LogP contribution in [0.5, 0.6) is 0 Å². The van der Waals surface area contributed by atoms with Gasteiger partial charge in [-0.15, -0.1) is 0 Å². The third-order valence-corrected chi connectivity index (χ3v) is 2.41. The molecule has 0 spiro atoms. The minimum absolute atomic E-state index is 0.0340. The van der Waals surface area contributed by atoms with Crippen molar-refractivity contribution in [2.45, 2.75) is 33.7 Å². The van der Waals surface area contributed by atoms with Crippen molar-refractivity contribution in [2.24, 2.45) is 0 Å². The topological polar surface area (TPSA) is 85.0 Å². The number of carbonyl (C=O) groups excluding carboxylic acids is 1. The first kappa shape index (κ1) is 13.3. The lowest BCUT2D eigenvalue weighted by Crippen LogP contribution is -2.27. The largest absolute Gasteiger partial charge is 0.394 e. The Morgan fingerprint density at radius 3 is 2.65 bits per heavy atom. The van der Waals surface area contributed by atoms with Crippen LogP contribution in [0, 0.1) is 6.92 Å². The Hall–Kier alpha value is -1.72. The highest BCUT2D eigenvalue weighted by Gasteiger charge is 2.13. The molecule has 0 bridgehead atoms. The Morgan fingerprint density at radius 1 is 1.47 bits per heavy atom. The summed E-state index contributed by atoms with van der Waals surface area (Å²) >= 11 is 0. The first-order valence-corrected chi connectivity index (χ1v) is 5.76. The summed E-state index contributed by atoms with van der Waals surface area (Å²) in [6.45, 7) is 8.67. The number of amides is 1. The molecule has 0 aliphatic carbocycles. The number of nitrogen functional groups attached to an aromatic ring is 1. The molecule has 0 aliphatic rings. The van der Waals surface area contributed by atoms with Crippen molar-refractivity contribution in [1.29, 1.82) is 0 Å². The summed E-state index contributed by atoms with van der Waals surface area (Å²) in [4.78, 5) is 10.7. The van der Waals surface area contributed by atoms with Crippen LogP contribution >= 0.6 is 0 Å². The van der Waals surface area contributed by atoms with Crippen LogP contribution in [-0.4, -0.2) is 28.8 Å². The highest BCUT2D eigenvalue weighted by Crippen LogP contribution is 2.24. The summed E-state index contributed by atoms with van der Waals surface area (Å²) in [5.41, 5.74) is 7.44. The zero-order chi connectivity index (χ0) is 13.0. The van der Waals surface area contributed by atoms with Gasteiger partial charge in [-0.2, -0.15) is 5.10 Å². The fourth-order valence-corrected chi connectivity index (χ4v) is 1.53. The predicted octanol–water partition coefficient (Wildman–Crippen LogP) is 0.903. The molecule has 1 aromatic rings. The van der Waals surface area contributed by atoms with Gasteiger partial charge in [-0.05, 0) is 20.8 Å². The van der Waals surface area contributed by atoms with Crippen LogP contribution in [-0.2, 0) is 4.79 Å². The Morgan fingerprint density at radius 2 is 2.12 bits per heavy atom. The fraction of sp³-hybridized carbons (Fsp3) is 0.636. The van der Waals surface area contributed by atoms with E-state index in [9.17, 15) is 4.79 Å². The van der Waals surface area contributed by atoms with E-state index in [0.717, 1.165) is 11.5 Å². The maximum atomic E-state index is 10.7. The van der Waals surface area contributed by atoms with Gasteiger partial charge < -0.3 is 16.4 Å². The molecule has 0 radical (unpaired) electrons. The minimum atomic E-state index is -0.0340. The van der Waals surface area contributed by atoms with Crippen molar-refractivity contribution in [3.63, 3.8) is 0 Å². The zero-order valence-electron chi connectivity index (χ0n) is 10.9. The van der Waals surface area contributed by atoms with Crippen LogP contribution in [0.1, 0.15) is 32.5 Å². The molecule has 0 atom stereocenters. The average molecular weight is 239 g/mol. The number of hydrogen-bond donors (Lipinski definition) is 3. The molecule has 0 fully saturated rings. The third kappa shape index (κ3) is 3.37. The van der Waals surface area contributed by atoms with Gasteiger partial charge in [0, 0.05) is 26.1 Å². The van der Waals surface area contributed by atoms with Gasteiger partial charge in [-0.25, -0.2) is 4.68 Å². The number of carbonyl (C=O) groups is 1. The summed E-state index contributed by atoms with van der Waals surface area (Å²) in [7, 11) is 0. The number of nitrogens with one attached hydrogen (secondary N) is 2. The van der Waals surface area contributed by atoms with Gasteiger partial charge in [0.2, 0.25) is 5.91 Å². The highest BCUT2D eigenvalue weighted by atomic mass is 16.1. The Balaban J connectivity index is 2.66. The molecule has 17 heavy (non-hydrogen) atoms. The zero-order valence-corrected chi connectivity index (χ0v) is 10.9. The second-order valence-corrected chi connectivity index (χ2v) is 4.30. The molecule has 6 nitrogen and oxygen atoms in total. The second kappa shape index (κ2) is 5.56. The van der Waals surface area contributed by atoms with Gasteiger partial charge in [0.25, 0.3) is 0 Å².